The number of carbonyl (C=O) groups excluding carboxylic acids is 1. The van der Waals surface area contributed by atoms with Crippen molar-refractivity contribution in [3.05, 3.63) is 0 Å². The molecular formula is C12H24N2O2. The maximum Gasteiger partial charge on any atom is 0.251 e. The van der Waals surface area contributed by atoms with Crippen molar-refractivity contribution >= 4 is 5.91 Å². The molecule has 0 aromatic heterocycles. The van der Waals surface area contributed by atoms with E-state index in [2.05, 4.69) is 0 Å². The summed E-state index contributed by atoms with van der Waals surface area (Å²) in [5, 5.41) is 0. The van der Waals surface area contributed by atoms with Gasteiger partial charge in [-0.05, 0) is 39.2 Å². The van der Waals surface area contributed by atoms with Crippen LogP contribution < -0.4 is 5.73 Å². The second kappa shape index (κ2) is 6.86. The molecule has 1 heterocycles. The summed E-state index contributed by atoms with van der Waals surface area (Å²) in [6.45, 7) is 3.57. The number of nitrogens with zero attached hydrogens (tertiary/aromatic N) is 1. The number of hydrogen-bond donors (Lipinski definition) is 1. The van der Waals surface area contributed by atoms with Gasteiger partial charge in [0.15, 0.2) is 0 Å². The summed E-state index contributed by atoms with van der Waals surface area (Å²) in [5.41, 5.74) is 5.42. The second-order valence-electron chi connectivity index (χ2n) is 4.62. The Morgan fingerprint density at radius 2 is 2.12 bits per heavy atom. The van der Waals surface area contributed by atoms with Gasteiger partial charge in [0.2, 0.25) is 0 Å². The van der Waals surface area contributed by atoms with E-state index in [1.807, 2.05) is 14.0 Å². The summed E-state index contributed by atoms with van der Waals surface area (Å²) in [5.74, 6) is 0.136. The smallest absolute Gasteiger partial charge is 0.251 e. The molecule has 2 atom stereocenters. The zero-order valence-electron chi connectivity index (χ0n) is 10.4. The summed E-state index contributed by atoms with van der Waals surface area (Å²) in [6.07, 6.45) is 5.07. The molecular weight excluding hydrogens is 204 g/mol. The van der Waals surface area contributed by atoms with E-state index in [0.717, 1.165) is 45.2 Å². The SMILES string of the molecule is CC1CCC(C(=O)N(C)CCCCCN)O1. The molecule has 0 bridgehead atoms. The molecule has 0 aliphatic carbocycles. The van der Waals surface area contributed by atoms with Gasteiger partial charge in [0.05, 0.1) is 6.10 Å². The Morgan fingerprint density at radius 3 is 2.69 bits per heavy atom. The fourth-order valence-corrected chi connectivity index (χ4v) is 2.01. The van der Waals surface area contributed by atoms with Crippen LogP contribution in [0, 0.1) is 0 Å². The molecule has 1 rings (SSSR count). The van der Waals surface area contributed by atoms with Gasteiger partial charge in [0.25, 0.3) is 5.91 Å². The van der Waals surface area contributed by atoms with E-state index < -0.39 is 0 Å². The highest BCUT2D eigenvalue weighted by Crippen LogP contribution is 2.20. The molecule has 1 aliphatic heterocycles. The van der Waals surface area contributed by atoms with Crippen LogP contribution in [0.1, 0.15) is 39.0 Å². The molecule has 2 unspecified atom stereocenters. The first-order chi connectivity index (χ1) is 7.65. The van der Waals surface area contributed by atoms with Crippen LogP contribution in [0.5, 0.6) is 0 Å². The third-order valence-electron chi connectivity index (χ3n) is 3.08. The summed E-state index contributed by atoms with van der Waals surface area (Å²) in [4.78, 5) is 13.7. The molecule has 0 spiro atoms. The van der Waals surface area contributed by atoms with E-state index >= 15 is 0 Å². The Morgan fingerprint density at radius 1 is 1.38 bits per heavy atom. The number of amides is 1. The first kappa shape index (κ1) is 13.5. The predicted octanol–water partition coefficient (Wildman–Crippen LogP) is 1.14. The van der Waals surface area contributed by atoms with Crippen molar-refractivity contribution in [2.24, 2.45) is 5.73 Å². The van der Waals surface area contributed by atoms with Gasteiger partial charge in [0, 0.05) is 13.6 Å². The lowest BCUT2D eigenvalue weighted by atomic mass is 10.2. The Labute approximate surface area is 98.1 Å². The van der Waals surface area contributed by atoms with Gasteiger partial charge in [-0.2, -0.15) is 0 Å². The minimum atomic E-state index is -0.200. The van der Waals surface area contributed by atoms with Crippen molar-refractivity contribution in [1.82, 2.24) is 4.90 Å². The van der Waals surface area contributed by atoms with E-state index in [1.54, 1.807) is 4.90 Å². The van der Waals surface area contributed by atoms with Crippen LogP contribution in [-0.2, 0) is 9.53 Å². The molecule has 0 radical (unpaired) electrons. The standard InChI is InChI=1S/C12H24N2O2/c1-10-6-7-11(16-10)12(15)14(2)9-5-3-4-8-13/h10-11H,3-9,13H2,1-2H3. The monoisotopic (exact) mass is 228 g/mol. The highest BCUT2D eigenvalue weighted by molar-refractivity contribution is 5.80. The van der Waals surface area contributed by atoms with Crippen molar-refractivity contribution in [3.63, 3.8) is 0 Å². The lowest BCUT2D eigenvalue weighted by molar-refractivity contribution is -0.141. The van der Waals surface area contributed by atoms with Crippen molar-refractivity contribution < 1.29 is 9.53 Å². The fourth-order valence-electron chi connectivity index (χ4n) is 2.01. The zero-order valence-corrected chi connectivity index (χ0v) is 10.4. The average molecular weight is 228 g/mol. The molecule has 1 aliphatic rings. The number of carbonyl (C=O) groups is 1. The number of hydrogen-bond acceptors (Lipinski definition) is 3. The number of nitrogens with two attached hydrogens (primary N) is 1. The Kier molecular flexibility index (Phi) is 5.77. The Bertz CT molecular complexity index is 221. The molecule has 4 nitrogen and oxygen atoms in total. The molecule has 0 aromatic carbocycles. The highest BCUT2D eigenvalue weighted by Gasteiger charge is 2.29. The maximum atomic E-state index is 11.9. The molecule has 2 N–H and O–H groups in total. The first-order valence-corrected chi connectivity index (χ1v) is 6.25. The van der Waals surface area contributed by atoms with Gasteiger partial charge < -0.3 is 15.4 Å². The quantitative estimate of drug-likeness (QED) is 0.694. The molecule has 0 aromatic rings. The number of rotatable bonds is 6. The fraction of sp³-hybridized carbons (Fsp3) is 0.917. The first-order valence-electron chi connectivity index (χ1n) is 6.25. The van der Waals surface area contributed by atoms with E-state index in [4.69, 9.17) is 10.5 Å². The van der Waals surface area contributed by atoms with Crippen molar-refractivity contribution in [3.8, 4) is 0 Å². The molecule has 1 fully saturated rings. The lowest BCUT2D eigenvalue weighted by Gasteiger charge is -2.20. The third kappa shape index (κ3) is 4.10. The molecule has 1 saturated heterocycles. The van der Waals surface area contributed by atoms with Gasteiger partial charge in [-0.1, -0.05) is 6.42 Å². The zero-order chi connectivity index (χ0) is 12.0. The molecule has 16 heavy (non-hydrogen) atoms. The van der Waals surface area contributed by atoms with Gasteiger partial charge in [-0.3, -0.25) is 4.79 Å². The van der Waals surface area contributed by atoms with E-state index in [-0.39, 0.29) is 18.1 Å². The van der Waals surface area contributed by atoms with Gasteiger partial charge in [-0.15, -0.1) is 0 Å². The van der Waals surface area contributed by atoms with Crippen molar-refractivity contribution in [2.45, 2.75) is 51.2 Å². The van der Waals surface area contributed by atoms with Crippen LogP contribution in [0.4, 0.5) is 0 Å². The van der Waals surface area contributed by atoms with E-state index in [0.29, 0.717) is 0 Å². The minimum Gasteiger partial charge on any atom is -0.365 e. The molecule has 1 amide bonds. The second-order valence-corrected chi connectivity index (χ2v) is 4.62. The van der Waals surface area contributed by atoms with E-state index in [9.17, 15) is 4.79 Å². The minimum absolute atomic E-state index is 0.136. The summed E-state index contributed by atoms with van der Waals surface area (Å²) in [7, 11) is 1.86. The number of ether oxygens (including phenoxy) is 1. The van der Waals surface area contributed by atoms with Gasteiger partial charge >= 0.3 is 0 Å². The van der Waals surface area contributed by atoms with Crippen LogP contribution in [0.25, 0.3) is 0 Å². The van der Waals surface area contributed by atoms with Crippen LogP contribution in [0.2, 0.25) is 0 Å². The maximum absolute atomic E-state index is 11.9. The molecule has 4 heteroatoms. The van der Waals surface area contributed by atoms with Crippen LogP contribution in [0.3, 0.4) is 0 Å². The van der Waals surface area contributed by atoms with Gasteiger partial charge in [0.1, 0.15) is 6.10 Å². The summed E-state index contributed by atoms with van der Waals surface area (Å²) >= 11 is 0. The Hall–Kier alpha value is -0.610. The van der Waals surface area contributed by atoms with E-state index in [1.165, 1.54) is 0 Å². The van der Waals surface area contributed by atoms with Crippen molar-refractivity contribution in [1.29, 1.82) is 0 Å². The molecule has 94 valence electrons. The van der Waals surface area contributed by atoms with Crippen molar-refractivity contribution in [2.75, 3.05) is 20.1 Å². The number of unbranched alkanes of at least 4 members (excludes halogenated alkanes) is 2. The topological polar surface area (TPSA) is 55.6 Å². The van der Waals surface area contributed by atoms with Gasteiger partial charge in [-0.25, -0.2) is 0 Å². The van der Waals surface area contributed by atoms with Crippen LogP contribution in [0.15, 0.2) is 0 Å². The predicted molar refractivity (Wildman–Crippen MR) is 64.1 cm³/mol. The molecule has 0 saturated carbocycles. The van der Waals surface area contributed by atoms with Crippen LogP contribution in [-0.4, -0.2) is 43.2 Å². The normalized spacial score (nSPS) is 24.7. The number of likely N-dealkylation sites (N-methyl/N-ethyl adjacent to an activating group) is 1. The van der Waals surface area contributed by atoms with Crippen LogP contribution >= 0.6 is 0 Å². The highest BCUT2D eigenvalue weighted by atomic mass is 16.5. The third-order valence-corrected chi connectivity index (χ3v) is 3.08. The average Bonchev–Trinajstić information content (AvgIpc) is 2.70. The lowest BCUT2D eigenvalue weighted by Crippen LogP contribution is -2.37. The Balaban J connectivity index is 2.20. The summed E-state index contributed by atoms with van der Waals surface area (Å²) < 4.78 is 5.56. The summed E-state index contributed by atoms with van der Waals surface area (Å²) in [6, 6.07) is 0. The largest absolute Gasteiger partial charge is 0.365 e.